The highest BCUT2D eigenvalue weighted by Gasteiger charge is 2.33. The van der Waals surface area contributed by atoms with E-state index in [0.29, 0.717) is 6.04 Å². The van der Waals surface area contributed by atoms with Crippen LogP contribution in [0.4, 0.5) is 0 Å². The maximum Gasteiger partial charge on any atom is 0.376 e. The van der Waals surface area contributed by atoms with Gasteiger partial charge in [0.2, 0.25) is 5.82 Å². The Morgan fingerprint density at radius 3 is 2.71 bits per heavy atom. The van der Waals surface area contributed by atoms with Crippen molar-refractivity contribution in [1.82, 2.24) is 24.6 Å². The van der Waals surface area contributed by atoms with Crippen molar-refractivity contribution < 1.29 is 9.53 Å². The van der Waals surface area contributed by atoms with Gasteiger partial charge in [0.15, 0.2) is 5.65 Å². The standard InChI is InChI=1S/C16H23N5O2S/c1-9-12-14(17-13(16(22)23-4)18-15(12)24-5)21(19-9)11-8-6-7-10(11)20(2)3/h10-11H,6-8H2,1-5H3. The summed E-state index contributed by atoms with van der Waals surface area (Å²) >= 11 is 1.49. The number of carbonyl (C=O) groups is 1. The lowest BCUT2D eigenvalue weighted by Crippen LogP contribution is -2.33. The van der Waals surface area contributed by atoms with Crippen molar-refractivity contribution >= 4 is 28.8 Å². The van der Waals surface area contributed by atoms with Crippen LogP contribution >= 0.6 is 11.8 Å². The molecule has 0 radical (unpaired) electrons. The fraction of sp³-hybridized carbons (Fsp3) is 0.625. The number of aryl methyl sites for hydroxylation is 1. The molecule has 130 valence electrons. The quantitative estimate of drug-likeness (QED) is 0.476. The van der Waals surface area contributed by atoms with Crippen molar-refractivity contribution in [3.63, 3.8) is 0 Å². The van der Waals surface area contributed by atoms with Gasteiger partial charge in [-0.25, -0.2) is 19.4 Å². The molecule has 3 rings (SSSR count). The topological polar surface area (TPSA) is 73.1 Å². The van der Waals surface area contributed by atoms with Gasteiger partial charge >= 0.3 is 5.97 Å². The first kappa shape index (κ1) is 17.2. The smallest absolute Gasteiger partial charge is 0.376 e. The SMILES string of the molecule is COC(=O)c1nc(SC)c2c(C)nn(C3CCCC3N(C)C)c2n1. The molecule has 24 heavy (non-hydrogen) atoms. The van der Waals surface area contributed by atoms with Crippen molar-refractivity contribution in [2.45, 2.75) is 43.3 Å². The summed E-state index contributed by atoms with van der Waals surface area (Å²) in [6.45, 7) is 1.97. The maximum absolute atomic E-state index is 11.9. The molecule has 0 N–H and O–H groups in total. The summed E-state index contributed by atoms with van der Waals surface area (Å²) in [6.07, 6.45) is 5.31. The van der Waals surface area contributed by atoms with E-state index in [1.807, 2.05) is 17.9 Å². The van der Waals surface area contributed by atoms with E-state index < -0.39 is 5.97 Å². The van der Waals surface area contributed by atoms with Crippen LogP contribution in [0.3, 0.4) is 0 Å². The molecule has 2 unspecified atom stereocenters. The Bertz CT molecular complexity index is 773. The molecule has 1 saturated carbocycles. The minimum atomic E-state index is -0.520. The van der Waals surface area contributed by atoms with Crippen molar-refractivity contribution in [2.24, 2.45) is 0 Å². The number of thioether (sulfide) groups is 1. The van der Waals surface area contributed by atoms with E-state index in [4.69, 9.17) is 9.84 Å². The fourth-order valence-electron chi connectivity index (χ4n) is 3.54. The van der Waals surface area contributed by atoms with E-state index in [-0.39, 0.29) is 11.9 Å². The molecule has 1 aliphatic rings. The molecule has 0 aromatic carbocycles. The van der Waals surface area contributed by atoms with Crippen molar-refractivity contribution in [1.29, 1.82) is 0 Å². The highest BCUT2D eigenvalue weighted by molar-refractivity contribution is 7.98. The van der Waals surface area contributed by atoms with Gasteiger partial charge in [-0.15, -0.1) is 11.8 Å². The summed E-state index contributed by atoms with van der Waals surface area (Å²) in [6, 6.07) is 0.674. The summed E-state index contributed by atoms with van der Waals surface area (Å²) in [4.78, 5) is 23.0. The zero-order chi connectivity index (χ0) is 17.4. The van der Waals surface area contributed by atoms with E-state index >= 15 is 0 Å². The number of fused-ring (bicyclic) bond motifs is 1. The number of methoxy groups -OCH3 is 1. The van der Waals surface area contributed by atoms with Gasteiger partial charge in [-0.2, -0.15) is 5.10 Å². The monoisotopic (exact) mass is 349 g/mol. The van der Waals surface area contributed by atoms with Gasteiger partial charge in [0.05, 0.1) is 24.2 Å². The molecule has 2 heterocycles. The second-order valence-electron chi connectivity index (χ2n) is 6.31. The second kappa shape index (κ2) is 6.68. The van der Waals surface area contributed by atoms with Crippen LogP contribution in [0.15, 0.2) is 5.03 Å². The minimum absolute atomic E-state index is 0.0925. The average molecular weight is 349 g/mol. The van der Waals surface area contributed by atoms with Gasteiger partial charge in [0.1, 0.15) is 5.03 Å². The van der Waals surface area contributed by atoms with Gasteiger partial charge in [0.25, 0.3) is 0 Å². The Labute approximate surface area is 145 Å². The molecule has 2 aromatic rings. The number of esters is 1. The van der Waals surface area contributed by atoms with Crippen LogP contribution in [0.25, 0.3) is 11.0 Å². The molecule has 8 heteroatoms. The van der Waals surface area contributed by atoms with Gasteiger partial charge in [-0.1, -0.05) is 0 Å². The summed E-state index contributed by atoms with van der Waals surface area (Å²) in [5, 5.41) is 6.46. The molecule has 1 aliphatic carbocycles. The third kappa shape index (κ3) is 2.77. The number of nitrogens with zero attached hydrogens (tertiary/aromatic N) is 5. The molecule has 0 amide bonds. The van der Waals surface area contributed by atoms with E-state index in [1.54, 1.807) is 0 Å². The van der Waals surface area contributed by atoms with Crippen molar-refractivity contribution in [3.8, 4) is 0 Å². The van der Waals surface area contributed by atoms with Gasteiger partial charge in [0, 0.05) is 6.04 Å². The summed E-state index contributed by atoms with van der Waals surface area (Å²) in [5.74, 6) is -0.428. The molecule has 0 spiro atoms. The van der Waals surface area contributed by atoms with E-state index in [2.05, 4.69) is 29.0 Å². The number of ether oxygens (including phenoxy) is 1. The summed E-state index contributed by atoms with van der Waals surface area (Å²) in [5.41, 5.74) is 1.63. The predicted octanol–water partition coefficient (Wildman–Crippen LogP) is 2.30. The zero-order valence-corrected chi connectivity index (χ0v) is 15.6. The summed E-state index contributed by atoms with van der Waals surface area (Å²) in [7, 11) is 5.55. The van der Waals surface area contributed by atoms with Crippen LogP contribution in [0.5, 0.6) is 0 Å². The fourth-order valence-corrected chi connectivity index (χ4v) is 4.16. The average Bonchev–Trinajstić information content (AvgIpc) is 3.18. The largest absolute Gasteiger partial charge is 0.463 e. The Hall–Kier alpha value is -1.67. The van der Waals surface area contributed by atoms with Crippen molar-refractivity contribution in [3.05, 3.63) is 11.5 Å². The van der Waals surface area contributed by atoms with Crippen LogP contribution in [-0.4, -0.2) is 64.1 Å². The lowest BCUT2D eigenvalue weighted by atomic mass is 10.1. The van der Waals surface area contributed by atoms with Crippen LogP contribution in [-0.2, 0) is 4.74 Å². The van der Waals surface area contributed by atoms with Crippen LogP contribution in [0, 0.1) is 6.92 Å². The maximum atomic E-state index is 11.9. The van der Waals surface area contributed by atoms with Crippen molar-refractivity contribution in [2.75, 3.05) is 27.5 Å². The molecular weight excluding hydrogens is 326 g/mol. The Kier molecular flexibility index (Phi) is 4.78. The number of aromatic nitrogens is 4. The van der Waals surface area contributed by atoms with Gasteiger partial charge in [-0.3, -0.25) is 0 Å². The minimum Gasteiger partial charge on any atom is -0.463 e. The Morgan fingerprint density at radius 1 is 1.33 bits per heavy atom. The Balaban J connectivity index is 2.20. The number of hydrogen-bond donors (Lipinski definition) is 0. The van der Waals surface area contributed by atoms with Gasteiger partial charge < -0.3 is 9.64 Å². The number of rotatable bonds is 4. The number of likely N-dealkylation sites (N-methyl/N-ethyl adjacent to an activating group) is 1. The normalized spacial score (nSPS) is 20.9. The molecule has 0 bridgehead atoms. The first-order valence-corrected chi connectivity index (χ1v) is 9.26. The first-order chi connectivity index (χ1) is 11.5. The van der Waals surface area contributed by atoms with Crippen LogP contribution < -0.4 is 0 Å². The first-order valence-electron chi connectivity index (χ1n) is 8.03. The second-order valence-corrected chi connectivity index (χ2v) is 7.10. The summed E-state index contributed by atoms with van der Waals surface area (Å²) < 4.78 is 6.80. The molecular formula is C16H23N5O2S. The molecule has 1 fully saturated rings. The molecule has 7 nitrogen and oxygen atoms in total. The van der Waals surface area contributed by atoms with Gasteiger partial charge in [-0.05, 0) is 46.5 Å². The third-order valence-corrected chi connectivity index (χ3v) is 5.36. The molecule has 0 saturated heterocycles. The highest BCUT2D eigenvalue weighted by Crippen LogP contribution is 2.36. The predicted molar refractivity (Wildman–Crippen MR) is 93.5 cm³/mol. The molecule has 2 aromatic heterocycles. The Morgan fingerprint density at radius 2 is 2.08 bits per heavy atom. The lowest BCUT2D eigenvalue weighted by molar-refractivity contribution is 0.0586. The van der Waals surface area contributed by atoms with E-state index in [0.717, 1.165) is 41.0 Å². The third-order valence-electron chi connectivity index (χ3n) is 4.68. The van der Waals surface area contributed by atoms with E-state index in [1.165, 1.54) is 18.9 Å². The lowest BCUT2D eigenvalue weighted by Gasteiger charge is -2.26. The van der Waals surface area contributed by atoms with E-state index in [9.17, 15) is 4.79 Å². The zero-order valence-electron chi connectivity index (χ0n) is 14.7. The molecule has 0 aliphatic heterocycles. The molecule has 2 atom stereocenters. The van der Waals surface area contributed by atoms with Crippen LogP contribution in [0.1, 0.15) is 41.6 Å². The highest BCUT2D eigenvalue weighted by atomic mass is 32.2. The van der Waals surface area contributed by atoms with Crippen LogP contribution in [0.2, 0.25) is 0 Å². The number of carbonyl (C=O) groups excluding carboxylic acids is 1. The number of hydrogen-bond acceptors (Lipinski definition) is 7.